The molecule has 0 saturated carbocycles. The number of ether oxygens (including phenoxy) is 2. The van der Waals surface area contributed by atoms with Crippen molar-refractivity contribution in [1.82, 2.24) is 0 Å². The van der Waals surface area contributed by atoms with Gasteiger partial charge in [-0.25, -0.2) is 9.59 Å². The molecule has 0 atom stereocenters. The molecular formula is C56H96O4. The third-order valence-corrected chi connectivity index (χ3v) is 12.8. The summed E-state index contributed by atoms with van der Waals surface area (Å²) in [6.45, 7) is 5.53. The number of carbonyl (C=O) groups excluding carboxylic acids is 2. The van der Waals surface area contributed by atoms with Crippen LogP contribution in [0.1, 0.15) is 291 Å². The topological polar surface area (TPSA) is 52.6 Å². The van der Waals surface area contributed by atoms with Crippen molar-refractivity contribution in [2.75, 3.05) is 13.2 Å². The summed E-state index contributed by atoms with van der Waals surface area (Å²) in [7, 11) is 0. The first-order valence-corrected chi connectivity index (χ1v) is 26.5. The lowest BCUT2D eigenvalue weighted by atomic mass is 10.0. The van der Waals surface area contributed by atoms with E-state index in [0.29, 0.717) is 24.3 Å². The number of benzene rings is 2. The van der Waals surface area contributed by atoms with Crippen LogP contribution in [0.15, 0.2) is 36.4 Å². The first kappa shape index (κ1) is 53.8. The van der Waals surface area contributed by atoms with Crippen molar-refractivity contribution >= 4 is 22.7 Å². The molecule has 60 heavy (non-hydrogen) atoms. The van der Waals surface area contributed by atoms with Crippen LogP contribution in [0.5, 0.6) is 0 Å². The highest BCUT2D eigenvalue weighted by Crippen LogP contribution is 2.21. The summed E-state index contributed by atoms with van der Waals surface area (Å²) in [4.78, 5) is 25.5. The summed E-state index contributed by atoms with van der Waals surface area (Å²) in [5.74, 6) is -0.541. The molecule has 0 unspecified atom stereocenters. The zero-order valence-corrected chi connectivity index (χ0v) is 39.8. The molecule has 0 amide bonds. The predicted molar refractivity (Wildman–Crippen MR) is 261 cm³/mol. The van der Waals surface area contributed by atoms with Gasteiger partial charge in [-0.05, 0) is 47.9 Å². The predicted octanol–water partition coefficient (Wildman–Crippen LogP) is 18.8. The number of fused-ring (bicyclic) bond motifs is 1. The van der Waals surface area contributed by atoms with Gasteiger partial charge in [0.1, 0.15) is 0 Å². The van der Waals surface area contributed by atoms with Crippen LogP contribution in [0, 0.1) is 0 Å². The van der Waals surface area contributed by atoms with E-state index in [2.05, 4.69) is 13.8 Å². The molecule has 0 aliphatic heterocycles. The molecule has 344 valence electrons. The van der Waals surface area contributed by atoms with Gasteiger partial charge in [0, 0.05) is 0 Å². The fraction of sp³-hybridized carbons (Fsp3) is 0.786. The van der Waals surface area contributed by atoms with Gasteiger partial charge < -0.3 is 9.47 Å². The van der Waals surface area contributed by atoms with E-state index < -0.39 is 0 Å². The van der Waals surface area contributed by atoms with E-state index in [-0.39, 0.29) is 11.9 Å². The lowest BCUT2D eigenvalue weighted by molar-refractivity contribution is 0.0488. The third kappa shape index (κ3) is 30.6. The molecule has 0 aliphatic rings. The number of esters is 2. The Balaban J connectivity index is 1.38. The maximum absolute atomic E-state index is 12.7. The molecule has 2 aromatic rings. The Kier molecular flexibility index (Phi) is 36.5. The van der Waals surface area contributed by atoms with Crippen molar-refractivity contribution in [3.05, 3.63) is 47.5 Å². The quantitative estimate of drug-likeness (QED) is 0.0493. The lowest BCUT2D eigenvalue weighted by Gasteiger charge is -2.08. The van der Waals surface area contributed by atoms with Crippen LogP contribution < -0.4 is 0 Å². The minimum absolute atomic E-state index is 0.270. The van der Waals surface area contributed by atoms with Crippen LogP contribution in [0.3, 0.4) is 0 Å². The second-order valence-electron chi connectivity index (χ2n) is 18.5. The number of hydrogen-bond acceptors (Lipinski definition) is 4. The van der Waals surface area contributed by atoms with Gasteiger partial charge in [-0.1, -0.05) is 270 Å². The minimum atomic E-state index is -0.270. The average Bonchev–Trinajstić information content (AvgIpc) is 3.26. The summed E-state index contributed by atoms with van der Waals surface area (Å²) < 4.78 is 11.2. The van der Waals surface area contributed by atoms with Crippen LogP contribution in [-0.2, 0) is 9.47 Å². The molecule has 0 N–H and O–H groups in total. The highest BCUT2D eigenvalue weighted by atomic mass is 16.5. The first-order chi connectivity index (χ1) is 29.7. The van der Waals surface area contributed by atoms with Gasteiger partial charge in [0.2, 0.25) is 0 Å². The van der Waals surface area contributed by atoms with E-state index in [1.54, 1.807) is 12.1 Å². The smallest absolute Gasteiger partial charge is 0.338 e. The molecule has 4 nitrogen and oxygen atoms in total. The maximum atomic E-state index is 12.7. The Labute approximate surface area is 371 Å². The number of unbranched alkanes of at least 4 members (excludes halogenated alkanes) is 38. The average molecular weight is 833 g/mol. The van der Waals surface area contributed by atoms with Gasteiger partial charge in [-0.2, -0.15) is 0 Å². The van der Waals surface area contributed by atoms with Crippen molar-refractivity contribution in [2.24, 2.45) is 0 Å². The van der Waals surface area contributed by atoms with Crippen LogP contribution in [0.25, 0.3) is 10.8 Å². The van der Waals surface area contributed by atoms with E-state index in [9.17, 15) is 9.59 Å². The fourth-order valence-electron chi connectivity index (χ4n) is 8.71. The van der Waals surface area contributed by atoms with Gasteiger partial charge in [0.25, 0.3) is 0 Å². The second-order valence-corrected chi connectivity index (χ2v) is 18.5. The maximum Gasteiger partial charge on any atom is 0.338 e. The summed E-state index contributed by atoms with van der Waals surface area (Å²) in [6, 6.07) is 11.1. The van der Waals surface area contributed by atoms with E-state index in [1.807, 2.05) is 24.3 Å². The Morgan fingerprint density at radius 3 is 0.717 bits per heavy atom. The Bertz CT molecular complexity index is 1170. The number of carbonyl (C=O) groups is 2. The third-order valence-electron chi connectivity index (χ3n) is 12.8. The Morgan fingerprint density at radius 2 is 0.500 bits per heavy atom. The number of rotatable bonds is 44. The van der Waals surface area contributed by atoms with E-state index in [0.717, 1.165) is 36.5 Å². The van der Waals surface area contributed by atoms with Crippen LogP contribution in [0.2, 0.25) is 0 Å². The monoisotopic (exact) mass is 833 g/mol. The molecule has 0 bridgehead atoms. The van der Waals surface area contributed by atoms with E-state index in [1.165, 1.54) is 231 Å². The number of hydrogen-bond donors (Lipinski definition) is 0. The van der Waals surface area contributed by atoms with Gasteiger partial charge in [0.15, 0.2) is 0 Å². The minimum Gasteiger partial charge on any atom is -0.462 e. The lowest BCUT2D eigenvalue weighted by Crippen LogP contribution is -2.07. The summed E-state index contributed by atoms with van der Waals surface area (Å²) in [5.41, 5.74) is 1.12. The Hall–Kier alpha value is -2.36. The highest BCUT2D eigenvalue weighted by molar-refractivity contribution is 5.99. The van der Waals surface area contributed by atoms with Crippen molar-refractivity contribution in [1.29, 1.82) is 0 Å². The second kappa shape index (κ2) is 40.7. The standard InChI is InChI=1S/C56H96O4/c1-3-5-7-9-11-13-15-17-19-21-23-25-27-29-31-33-35-37-39-41-47-59-55(57)53-45-43-52-50-54(46-44-51(52)49-53)56(58)60-48-42-40-38-36-34-32-30-28-26-24-22-20-18-16-14-12-10-8-6-4-2/h43-46,49-50H,3-42,47-48H2,1-2H3. The van der Waals surface area contributed by atoms with Gasteiger partial charge in [0.05, 0.1) is 24.3 Å². The van der Waals surface area contributed by atoms with Crippen molar-refractivity contribution in [2.45, 2.75) is 271 Å². The molecule has 0 saturated heterocycles. The first-order valence-electron chi connectivity index (χ1n) is 26.5. The van der Waals surface area contributed by atoms with E-state index in [4.69, 9.17) is 9.47 Å². The molecule has 2 rings (SSSR count). The zero-order valence-electron chi connectivity index (χ0n) is 39.8. The largest absolute Gasteiger partial charge is 0.462 e. The van der Waals surface area contributed by atoms with Gasteiger partial charge in [-0.15, -0.1) is 0 Å². The van der Waals surface area contributed by atoms with Crippen molar-refractivity contribution in [3.8, 4) is 0 Å². The summed E-state index contributed by atoms with van der Waals surface area (Å²) in [6.07, 6.45) is 54.3. The molecule has 0 heterocycles. The van der Waals surface area contributed by atoms with Crippen molar-refractivity contribution < 1.29 is 19.1 Å². The molecule has 4 heteroatoms. The molecule has 0 fully saturated rings. The molecule has 0 spiro atoms. The summed E-state index contributed by atoms with van der Waals surface area (Å²) >= 11 is 0. The van der Waals surface area contributed by atoms with Crippen LogP contribution in [-0.4, -0.2) is 25.2 Å². The fourth-order valence-corrected chi connectivity index (χ4v) is 8.71. The molecule has 2 aromatic carbocycles. The Morgan fingerprint density at radius 1 is 0.300 bits per heavy atom. The molecular weight excluding hydrogens is 737 g/mol. The van der Waals surface area contributed by atoms with Crippen molar-refractivity contribution in [3.63, 3.8) is 0 Å². The zero-order chi connectivity index (χ0) is 42.8. The highest BCUT2D eigenvalue weighted by Gasteiger charge is 2.11. The van der Waals surface area contributed by atoms with Gasteiger partial charge >= 0.3 is 11.9 Å². The SMILES string of the molecule is CCCCCCCCCCCCCCCCCCCCCCOC(=O)c1ccc2cc(C(=O)OCCCCCCCCCCCCCCCCCCCCCC)ccc2c1. The summed E-state index contributed by atoms with van der Waals surface area (Å²) in [5, 5.41) is 1.85. The normalized spacial score (nSPS) is 11.4. The van der Waals surface area contributed by atoms with E-state index >= 15 is 0 Å². The molecule has 0 radical (unpaired) electrons. The van der Waals surface area contributed by atoms with Crippen LogP contribution >= 0.6 is 0 Å². The van der Waals surface area contributed by atoms with Crippen LogP contribution in [0.4, 0.5) is 0 Å². The molecule has 0 aliphatic carbocycles. The van der Waals surface area contributed by atoms with Gasteiger partial charge in [-0.3, -0.25) is 0 Å². The molecule has 0 aromatic heterocycles.